The second-order valence-corrected chi connectivity index (χ2v) is 10.9. The summed E-state index contributed by atoms with van der Waals surface area (Å²) >= 11 is 0. The van der Waals surface area contributed by atoms with Crippen LogP contribution in [0.4, 0.5) is 4.79 Å². The van der Waals surface area contributed by atoms with Crippen molar-refractivity contribution in [1.29, 1.82) is 0 Å². The van der Waals surface area contributed by atoms with Crippen LogP contribution in [0.2, 0.25) is 0 Å². The molecular formula is C31H39N3O5. The smallest absolute Gasteiger partial charge is 0.318 e. The van der Waals surface area contributed by atoms with Gasteiger partial charge in [-0.2, -0.15) is 0 Å². The number of ether oxygens (including phenoxy) is 2. The van der Waals surface area contributed by atoms with Crippen molar-refractivity contribution in [3.63, 3.8) is 0 Å². The Morgan fingerprint density at radius 1 is 0.897 bits per heavy atom. The molecule has 3 fully saturated rings. The van der Waals surface area contributed by atoms with E-state index in [4.69, 9.17) is 9.47 Å². The number of likely N-dealkylation sites (tertiary alicyclic amines) is 1. The van der Waals surface area contributed by atoms with Gasteiger partial charge in [0.15, 0.2) is 0 Å². The first-order valence-corrected chi connectivity index (χ1v) is 14.2. The summed E-state index contributed by atoms with van der Waals surface area (Å²) in [6, 6.07) is 17.2. The van der Waals surface area contributed by atoms with Gasteiger partial charge >= 0.3 is 12.0 Å². The van der Waals surface area contributed by atoms with Crippen molar-refractivity contribution in [2.45, 2.75) is 75.1 Å². The number of carbonyl (C=O) groups is 3. The zero-order valence-electron chi connectivity index (χ0n) is 22.6. The van der Waals surface area contributed by atoms with Crippen molar-refractivity contribution in [2.75, 3.05) is 20.3 Å². The second-order valence-electron chi connectivity index (χ2n) is 10.9. The lowest BCUT2D eigenvalue weighted by atomic mass is 9.80. The van der Waals surface area contributed by atoms with E-state index in [1.165, 1.54) is 7.11 Å². The fourth-order valence-electron chi connectivity index (χ4n) is 6.57. The largest absolute Gasteiger partial charge is 0.469 e. The highest BCUT2D eigenvalue weighted by molar-refractivity contribution is 5.92. The Hall–Kier alpha value is -3.39. The van der Waals surface area contributed by atoms with E-state index in [9.17, 15) is 14.4 Å². The molecule has 0 spiro atoms. The highest BCUT2D eigenvalue weighted by atomic mass is 16.5. The van der Waals surface area contributed by atoms with Crippen molar-refractivity contribution in [2.24, 2.45) is 5.92 Å². The van der Waals surface area contributed by atoms with Gasteiger partial charge in [0.25, 0.3) is 0 Å². The zero-order chi connectivity index (χ0) is 27.2. The molecule has 2 saturated heterocycles. The Kier molecular flexibility index (Phi) is 8.81. The number of nitrogens with zero attached hydrogens (tertiary/aromatic N) is 1. The second kappa shape index (κ2) is 12.6. The maximum atomic E-state index is 14.2. The first kappa shape index (κ1) is 27.2. The van der Waals surface area contributed by atoms with E-state index in [0.717, 1.165) is 56.1 Å². The van der Waals surface area contributed by atoms with Crippen LogP contribution in [0.5, 0.6) is 0 Å². The summed E-state index contributed by atoms with van der Waals surface area (Å²) < 4.78 is 11.1. The van der Waals surface area contributed by atoms with Crippen LogP contribution < -0.4 is 10.6 Å². The van der Waals surface area contributed by atoms with E-state index in [1.807, 2.05) is 60.7 Å². The number of hydrogen-bond donors (Lipinski definition) is 2. The summed E-state index contributed by atoms with van der Waals surface area (Å²) in [4.78, 5) is 43.4. The molecule has 8 heteroatoms. The quantitative estimate of drug-likeness (QED) is 0.517. The van der Waals surface area contributed by atoms with Crippen LogP contribution in [0.1, 0.15) is 68.0 Å². The standard InChI is InChI=1S/C31H39N3O5/c1-38-30(36)26-25(21-12-5-2-6-13-21)28(29(35)32-20-24-18-11-19-39-24)34(27(26)22-14-7-3-8-15-22)31(37)33-23-16-9-4-10-17-23/h2-3,5-8,12-15,23-28H,4,9-11,16-20H2,1H3,(H,32,35)(H,33,37). The lowest BCUT2D eigenvalue weighted by Crippen LogP contribution is -2.54. The van der Waals surface area contributed by atoms with Gasteiger partial charge in [0, 0.05) is 25.1 Å². The molecule has 0 bridgehead atoms. The van der Waals surface area contributed by atoms with E-state index < -0.39 is 29.9 Å². The SMILES string of the molecule is COC(=O)C1C(c2ccccc2)C(C(=O)NCC2CCCO2)N(C(=O)NC2CCCCC2)C1c1ccccc1. The van der Waals surface area contributed by atoms with E-state index in [-0.39, 0.29) is 24.1 Å². The third-order valence-electron chi connectivity index (χ3n) is 8.43. The summed E-state index contributed by atoms with van der Waals surface area (Å²) in [7, 11) is 1.36. The number of rotatable bonds is 7. The molecule has 2 aromatic rings. The number of benzene rings is 2. The minimum absolute atomic E-state index is 0.0450. The summed E-state index contributed by atoms with van der Waals surface area (Å²) in [5, 5.41) is 6.29. The topological polar surface area (TPSA) is 97.0 Å². The van der Waals surface area contributed by atoms with Gasteiger partial charge in [0.2, 0.25) is 5.91 Å². The molecule has 2 N–H and O–H groups in total. The zero-order valence-corrected chi connectivity index (χ0v) is 22.6. The highest BCUT2D eigenvalue weighted by Gasteiger charge is 2.58. The first-order chi connectivity index (χ1) is 19.1. The van der Waals surface area contributed by atoms with Crippen LogP contribution in [0, 0.1) is 5.92 Å². The molecule has 8 nitrogen and oxygen atoms in total. The number of nitrogens with one attached hydrogen (secondary N) is 2. The molecule has 5 atom stereocenters. The Bertz CT molecular complexity index is 1120. The third kappa shape index (κ3) is 5.96. The maximum Gasteiger partial charge on any atom is 0.318 e. The number of esters is 1. The Balaban J connectivity index is 1.58. The molecule has 2 aromatic carbocycles. The summed E-state index contributed by atoms with van der Waals surface area (Å²) in [5.41, 5.74) is 1.61. The van der Waals surface area contributed by atoms with E-state index in [1.54, 1.807) is 4.90 Å². The molecular weight excluding hydrogens is 494 g/mol. The molecule has 2 heterocycles. The fraction of sp³-hybridized carbons (Fsp3) is 0.516. The average Bonchev–Trinajstić information content (AvgIpc) is 3.63. The molecule has 2 aliphatic heterocycles. The normalized spacial score (nSPS) is 27.2. The molecule has 0 radical (unpaired) electrons. The van der Waals surface area contributed by atoms with Crippen LogP contribution in [0.3, 0.4) is 0 Å². The molecule has 0 aromatic heterocycles. The Morgan fingerprint density at radius 3 is 2.18 bits per heavy atom. The number of amides is 3. The molecule has 5 rings (SSSR count). The highest BCUT2D eigenvalue weighted by Crippen LogP contribution is 2.50. The molecule has 1 aliphatic carbocycles. The lowest BCUT2D eigenvalue weighted by Gasteiger charge is -2.34. The van der Waals surface area contributed by atoms with Crippen LogP contribution in [-0.4, -0.2) is 61.3 Å². The monoisotopic (exact) mass is 533 g/mol. The van der Waals surface area contributed by atoms with Crippen LogP contribution in [0.25, 0.3) is 0 Å². The molecule has 5 unspecified atom stereocenters. The van der Waals surface area contributed by atoms with Crippen molar-refractivity contribution < 1.29 is 23.9 Å². The van der Waals surface area contributed by atoms with Gasteiger partial charge in [-0.15, -0.1) is 0 Å². The van der Waals surface area contributed by atoms with Crippen molar-refractivity contribution in [1.82, 2.24) is 15.5 Å². The maximum absolute atomic E-state index is 14.2. The van der Waals surface area contributed by atoms with Gasteiger partial charge in [-0.25, -0.2) is 4.79 Å². The Labute approximate surface area is 230 Å². The summed E-state index contributed by atoms with van der Waals surface area (Å²) in [6.07, 6.45) is 6.92. The number of carbonyl (C=O) groups excluding carboxylic acids is 3. The fourth-order valence-corrected chi connectivity index (χ4v) is 6.57. The Morgan fingerprint density at radius 2 is 1.56 bits per heavy atom. The van der Waals surface area contributed by atoms with Gasteiger partial charge < -0.3 is 25.0 Å². The van der Waals surface area contributed by atoms with Gasteiger partial charge in [-0.1, -0.05) is 79.9 Å². The van der Waals surface area contributed by atoms with Crippen molar-refractivity contribution >= 4 is 17.9 Å². The van der Waals surface area contributed by atoms with Gasteiger partial charge in [0.1, 0.15) is 6.04 Å². The van der Waals surface area contributed by atoms with E-state index in [0.29, 0.717) is 13.2 Å². The minimum Gasteiger partial charge on any atom is -0.469 e. The van der Waals surface area contributed by atoms with Gasteiger partial charge in [-0.05, 0) is 36.8 Å². The minimum atomic E-state index is -0.910. The predicted molar refractivity (Wildman–Crippen MR) is 147 cm³/mol. The molecule has 208 valence electrons. The number of hydrogen-bond acceptors (Lipinski definition) is 5. The van der Waals surface area contributed by atoms with Crippen LogP contribution in [0.15, 0.2) is 60.7 Å². The van der Waals surface area contributed by atoms with Gasteiger partial charge in [-0.3, -0.25) is 9.59 Å². The van der Waals surface area contributed by atoms with Crippen LogP contribution in [-0.2, 0) is 19.1 Å². The summed E-state index contributed by atoms with van der Waals surface area (Å²) in [5.74, 6) is -2.09. The lowest BCUT2D eigenvalue weighted by molar-refractivity contribution is -0.146. The number of methoxy groups -OCH3 is 1. The molecule has 3 amide bonds. The van der Waals surface area contributed by atoms with Crippen LogP contribution >= 0.6 is 0 Å². The number of urea groups is 1. The third-order valence-corrected chi connectivity index (χ3v) is 8.43. The molecule has 1 saturated carbocycles. The molecule has 39 heavy (non-hydrogen) atoms. The van der Waals surface area contributed by atoms with Crippen molar-refractivity contribution in [3.8, 4) is 0 Å². The molecule has 3 aliphatic rings. The van der Waals surface area contributed by atoms with E-state index in [2.05, 4.69) is 10.6 Å². The van der Waals surface area contributed by atoms with Gasteiger partial charge in [0.05, 0.1) is 25.2 Å². The first-order valence-electron chi connectivity index (χ1n) is 14.2. The van der Waals surface area contributed by atoms with E-state index >= 15 is 0 Å². The predicted octanol–water partition coefficient (Wildman–Crippen LogP) is 4.32. The average molecular weight is 534 g/mol. The van der Waals surface area contributed by atoms with Crippen molar-refractivity contribution in [3.05, 3.63) is 71.8 Å². The summed E-state index contributed by atoms with van der Waals surface area (Å²) in [6.45, 7) is 1.06.